The van der Waals surface area contributed by atoms with Gasteiger partial charge in [0.25, 0.3) is 0 Å². The summed E-state index contributed by atoms with van der Waals surface area (Å²) in [4.78, 5) is 0. The summed E-state index contributed by atoms with van der Waals surface area (Å²) in [6.07, 6.45) is 0.237. The fourth-order valence-corrected chi connectivity index (χ4v) is 2.48. The van der Waals surface area contributed by atoms with E-state index in [9.17, 15) is 5.11 Å². The molecule has 0 aliphatic heterocycles. The fourth-order valence-electron chi connectivity index (χ4n) is 2.48. The highest BCUT2D eigenvalue weighted by atomic mass is 16.3. The van der Waals surface area contributed by atoms with Crippen LogP contribution in [0.1, 0.15) is 43.1 Å². The summed E-state index contributed by atoms with van der Waals surface area (Å²) in [6, 6.07) is 19.3. The maximum Gasteiger partial charge on any atom is 0.0991 e. The molecule has 0 radical (unpaired) electrons. The standard InChI is InChI=1S/C18H19NO/c1-3-18(2,16-7-5-4-6-8-16)17(20)15-11-9-14(13-19)10-12-15/h4-12,17,20H,3H2,1-2H3/t17-,18?/m0/s1. The summed E-state index contributed by atoms with van der Waals surface area (Å²) in [7, 11) is 0. The van der Waals surface area contributed by atoms with Gasteiger partial charge in [-0.3, -0.25) is 0 Å². The second-order valence-corrected chi connectivity index (χ2v) is 5.27. The van der Waals surface area contributed by atoms with E-state index < -0.39 is 6.10 Å². The zero-order valence-electron chi connectivity index (χ0n) is 11.9. The van der Waals surface area contributed by atoms with E-state index >= 15 is 0 Å². The largest absolute Gasteiger partial charge is 0.387 e. The molecule has 0 fully saturated rings. The van der Waals surface area contributed by atoms with Crippen LogP contribution in [0.2, 0.25) is 0 Å². The Kier molecular flexibility index (Phi) is 4.22. The Bertz CT molecular complexity index is 598. The third-order valence-corrected chi connectivity index (χ3v) is 4.13. The molecule has 0 heterocycles. The van der Waals surface area contributed by atoms with Gasteiger partial charge in [-0.15, -0.1) is 0 Å². The van der Waals surface area contributed by atoms with Crippen LogP contribution >= 0.6 is 0 Å². The van der Waals surface area contributed by atoms with Crippen molar-refractivity contribution in [2.75, 3.05) is 0 Å². The summed E-state index contributed by atoms with van der Waals surface area (Å²) >= 11 is 0. The normalized spacial score (nSPS) is 15.1. The lowest BCUT2D eigenvalue weighted by Gasteiger charge is -2.34. The number of hydrogen-bond acceptors (Lipinski definition) is 2. The second kappa shape index (κ2) is 5.90. The summed E-state index contributed by atoms with van der Waals surface area (Å²) in [5.41, 5.74) is 2.24. The average Bonchev–Trinajstić information content (AvgIpc) is 2.54. The van der Waals surface area contributed by atoms with E-state index in [1.54, 1.807) is 12.1 Å². The van der Waals surface area contributed by atoms with Gasteiger partial charge in [0.1, 0.15) is 0 Å². The molecule has 20 heavy (non-hydrogen) atoms. The van der Waals surface area contributed by atoms with E-state index in [2.05, 4.69) is 32.0 Å². The Balaban J connectivity index is 2.38. The molecule has 0 saturated carbocycles. The number of aliphatic hydroxyl groups excluding tert-OH is 1. The highest BCUT2D eigenvalue weighted by Crippen LogP contribution is 2.39. The van der Waals surface area contributed by atoms with E-state index in [1.165, 1.54) is 0 Å². The number of nitrogens with zero attached hydrogens (tertiary/aromatic N) is 1. The van der Waals surface area contributed by atoms with Gasteiger partial charge in [0.2, 0.25) is 0 Å². The summed E-state index contributed by atoms with van der Waals surface area (Å²) in [5, 5.41) is 19.6. The zero-order chi connectivity index (χ0) is 14.6. The molecule has 0 aliphatic rings. The predicted octanol–water partition coefficient (Wildman–Crippen LogP) is 3.96. The number of aliphatic hydroxyl groups is 1. The van der Waals surface area contributed by atoms with Crippen molar-refractivity contribution in [2.45, 2.75) is 31.8 Å². The number of hydrogen-bond donors (Lipinski definition) is 1. The SMILES string of the molecule is CCC(C)(c1ccccc1)[C@@H](O)c1ccc(C#N)cc1. The third-order valence-electron chi connectivity index (χ3n) is 4.13. The lowest BCUT2D eigenvalue weighted by atomic mass is 9.73. The highest BCUT2D eigenvalue weighted by molar-refractivity contribution is 5.36. The molecule has 0 amide bonds. The average molecular weight is 265 g/mol. The van der Waals surface area contributed by atoms with Crippen LogP contribution < -0.4 is 0 Å². The molecule has 0 saturated heterocycles. The Morgan fingerprint density at radius 3 is 2.20 bits per heavy atom. The Hall–Kier alpha value is -2.11. The maximum absolute atomic E-state index is 10.8. The molecule has 0 aromatic heterocycles. The summed E-state index contributed by atoms with van der Waals surface area (Å²) < 4.78 is 0. The van der Waals surface area contributed by atoms with Gasteiger partial charge in [-0.25, -0.2) is 0 Å². The first kappa shape index (κ1) is 14.3. The van der Waals surface area contributed by atoms with E-state index in [0.717, 1.165) is 17.5 Å². The van der Waals surface area contributed by atoms with Gasteiger partial charge >= 0.3 is 0 Å². The maximum atomic E-state index is 10.8. The van der Waals surface area contributed by atoms with Crippen molar-refractivity contribution in [3.63, 3.8) is 0 Å². The van der Waals surface area contributed by atoms with E-state index in [-0.39, 0.29) is 5.41 Å². The first-order valence-electron chi connectivity index (χ1n) is 6.85. The molecule has 102 valence electrons. The van der Waals surface area contributed by atoms with Gasteiger partial charge < -0.3 is 5.11 Å². The quantitative estimate of drug-likeness (QED) is 0.909. The molecule has 2 rings (SSSR count). The van der Waals surface area contributed by atoms with Crippen LogP contribution in [-0.2, 0) is 5.41 Å². The molecule has 2 heteroatoms. The van der Waals surface area contributed by atoms with Crippen LogP contribution in [0.5, 0.6) is 0 Å². The number of benzene rings is 2. The van der Waals surface area contributed by atoms with Crippen LogP contribution in [0.15, 0.2) is 54.6 Å². The van der Waals surface area contributed by atoms with Gasteiger partial charge in [0.15, 0.2) is 0 Å². The van der Waals surface area contributed by atoms with Crippen molar-refractivity contribution < 1.29 is 5.11 Å². The molecule has 2 aromatic carbocycles. The molecule has 0 aliphatic carbocycles. The molecular formula is C18H19NO. The summed E-state index contributed by atoms with van der Waals surface area (Å²) in [6.45, 7) is 4.16. The van der Waals surface area contributed by atoms with Crippen LogP contribution in [-0.4, -0.2) is 5.11 Å². The van der Waals surface area contributed by atoms with Gasteiger partial charge in [-0.1, -0.05) is 56.3 Å². The van der Waals surface area contributed by atoms with Gasteiger partial charge in [-0.05, 0) is 29.7 Å². The van der Waals surface area contributed by atoms with Crippen LogP contribution in [0.4, 0.5) is 0 Å². The van der Waals surface area contributed by atoms with Crippen molar-refractivity contribution in [3.05, 3.63) is 71.3 Å². The fraction of sp³-hybridized carbons (Fsp3) is 0.278. The van der Waals surface area contributed by atoms with Crippen molar-refractivity contribution >= 4 is 0 Å². The van der Waals surface area contributed by atoms with E-state index in [0.29, 0.717) is 5.56 Å². The van der Waals surface area contributed by atoms with Crippen LogP contribution in [0.3, 0.4) is 0 Å². The zero-order valence-corrected chi connectivity index (χ0v) is 11.9. The topological polar surface area (TPSA) is 44.0 Å². The van der Waals surface area contributed by atoms with Gasteiger partial charge in [0.05, 0.1) is 17.7 Å². The molecular weight excluding hydrogens is 246 g/mol. The van der Waals surface area contributed by atoms with Crippen molar-refractivity contribution in [1.29, 1.82) is 5.26 Å². The van der Waals surface area contributed by atoms with E-state index in [1.807, 2.05) is 30.3 Å². The molecule has 2 nitrogen and oxygen atoms in total. The molecule has 2 atom stereocenters. The first-order valence-corrected chi connectivity index (χ1v) is 6.85. The van der Waals surface area contributed by atoms with Crippen molar-refractivity contribution in [3.8, 4) is 6.07 Å². The third kappa shape index (κ3) is 2.59. The second-order valence-electron chi connectivity index (χ2n) is 5.27. The number of nitriles is 1. The Morgan fingerprint density at radius 2 is 1.70 bits per heavy atom. The molecule has 1 unspecified atom stereocenters. The minimum Gasteiger partial charge on any atom is -0.387 e. The molecule has 2 aromatic rings. The van der Waals surface area contributed by atoms with Gasteiger partial charge in [-0.2, -0.15) is 5.26 Å². The van der Waals surface area contributed by atoms with Gasteiger partial charge in [0, 0.05) is 5.41 Å². The molecule has 0 spiro atoms. The van der Waals surface area contributed by atoms with Crippen molar-refractivity contribution in [1.82, 2.24) is 0 Å². The van der Waals surface area contributed by atoms with Crippen molar-refractivity contribution in [2.24, 2.45) is 0 Å². The highest BCUT2D eigenvalue weighted by Gasteiger charge is 2.33. The van der Waals surface area contributed by atoms with Crippen LogP contribution in [0.25, 0.3) is 0 Å². The minimum atomic E-state index is -0.595. The first-order chi connectivity index (χ1) is 9.61. The predicted molar refractivity (Wildman–Crippen MR) is 80.2 cm³/mol. The lowest BCUT2D eigenvalue weighted by Crippen LogP contribution is -2.29. The minimum absolute atomic E-state index is 0.338. The molecule has 1 N–H and O–H groups in total. The van der Waals surface area contributed by atoms with Crippen LogP contribution in [0, 0.1) is 11.3 Å². The lowest BCUT2D eigenvalue weighted by molar-refractivity contribution is 0.0869. The van der Waals surface area contributed by atoms with E-state index in [4.69, 9.17) is 5.26 Å². The summed E-state index contributed by atoms with van der Waals surface area (Å²) in [5.74, 6) is 0. The smallest absolute Gasteiger partial charge is 0.0991 e. The Morgan fingerprint density at radius 1 is 1.10 bits per heavy atom. The monoisotopic (exact) mass is 265 g/mol. The number of rotatable bonds is 4. The Labute approximate surface area is 120 Å². The molecule has 0 bridgehead atoms.